The molecule has 1 amide bonds. The van der Waals surface area contributed by atoms with E-state index in [1.807, 2.05) is 6.92 Å². The number of hydrogen-bond acceptors (Lipinski definition) is 4. The maximum atomic E-state index is 13.4. The zero-order chi connectivity index (χ0) is 21.6. The van der Waals surface area contributed by atoms with Crippen molar-refractivity contribution in [2.75, 3.05) is 45.9 Å². The first-order valence-corrected chi connectivity index (χ1v) is 10.2. The molecule has 0 radical (unpaired) electrons. The molecule has 5 nitrogen and oxygen atoms in total. The van der Waals surface area contributed by atoms with Gasteiger partial charge >= 0.3 is 6.09 Å². The second kappa shape index (κ2) is 10.00. The van der Waals surface area contributed by atoms with Crippen LogP contribution in [0.3, 0.4) is 0 Å². The number of rotatable bonds is 7. The fourth-order valence-corrected chi connectivity index (χ4v) is 3.62. The smallest absolute Gasteiger partial charge is 0.409 e. The zero-order valence-electron chi connectivity index (χ0n) is 17.4. The van der Waals surface area contributed by atoms with Crippen molar-refractivity contribution in [3.8, 4) is 0 Å². The Labute approximate surface area is 176 Å². The quantitative estimate of drug-likeness (QED) is 0.681. The first-order valence-electron chi connectivity index (χ1n) is 10.2. The van der Waals surface area contributed by atoms with Gasteiger partial charge in [0.1, 0.15) is 17.2 Å². The van der Waals surface area contributed by atoms with E-state index in [4.69, 9.17) is 9.47 Å². The Kier molecular flexibility index (Phi) is 7.39. The average Bonchev–Trinajstić information content (AvgIpc) is 2.75. The highest BCUT2D eigenvalue weighted by molar-refractivity contribution is 5.67. The van der Waals surface area contributed by atoms with E-state index in [9.17, 15) is 13.6 Å². The van der Waals surface area contributed by atoms with Crippen molar-refractivity contribution in [3.05, 3.63) is 71.3 Å². The van der Waals surface area contributed by atoms with Crippen molar-refractivity contribution in [2.45, 2.75) is 19.4 Å². The van der Waals surface area contributed by atoms with Gasteiger partial charge in [-0.2, -0.15) is 0 Å². The molecule has 162 valence electrons. The first-order chi connectivity index (χ1) is 14.4. The van der Waals surface area contributed by atoms with Crippen molar-refractivity contribution >= 4 is 6.09 Å². The van der Waals surface area contributed by atoms with E-state index in [1.165, 1.54) is 24.3 Å². The van der Waals surface area contributed by atoms with E-state index in [1.54, 1.807) is 36.1 Å². The van der Waals surface area contributed by atoms with Gasteiger partial charge < -0.3 is 14.4 Å². The van der Waals surface area contributed by atoms with Crippen LogP contribution >= 0.6 is 0 Å². The monoisotopic (exact) mass is 418 g/mol. The Morgan fingerprint density at radius 3 is 1.90 bits per heavy atom. The molecule has 0 N–H and O–H groups in total. The number of nitrogens with zero attached hydrogens (tertiary/aromatic N) is 2. The second-order valence-corrected chi connectivity index (χ2v) is 7.42. The van der Waals surface area contributed by atoms with Crippen LogP contribution in [0.25, 0.3) is 0 Å². The maximum absolute atomic E-state index is 13.4. The molecule has 7 heteroatoms. The average molecular weight is 418 g/mol. The van der Waals surface area contributed by atoms with Crippen LogP contribution in [0, 0.1) is 11.6 Å². The fourth-order valence-electron chi connectivity index (χ4n) is 3.62. The normalized spacial score (nSPS) is 15.3. The third kappa shape index (κ3) is 5.34. The summed E-state index contributed by atoms with van der Waals surface area (Å²) in [4.78, 5) is 15.8. The molecular weight excluding hydrogens is 390 g/mol. The molecule has 1 fully saturated rings. The molecule has 0 bridgehead atoms. The minimum absolute atomic E-state index is 0.270. The van der Waals surface area contributed by atoms with Crippen LogP contribution in [0.1, 0.15) is 25.0 Å². The molecule has 1 saturated heterocycles. The molecule has 1 aliphatic rings. The SMILES string of the molecule is CCOC(=O)N1CCN(CCOC(C)(c2ccc(F)cc2)c2ccc(F)cc2)CC1. The molecule has 0 aliphatic carbocycles. The number of ether oxygens (including phenoxy) is 2. The van der Waals surface area contributed by atoms with E-state index in [0.29, 0.717) is 32.8 Å². The molecule has 30 heavy (non-hydrogen) atoms. The Bertz CT molecular complexity index is 774. The van der Waals surface area contributed by atoms with Gasteiger partial charge in [0, 0.05) is 32.7 Å². The number of piperazine rings is 1. The topological polar surface area (TPSA) is 42.0 Å². The molecule has 0 aromatic heterocycles. The molecule has 0 saturated carbocycles. The highest BCUT2D eigenvalue weighted by Crippen LogP contribution is 2.33. The Morgan fingerprint density at radius 2 is 1.43 bits per heavy atom. The molecular formula is C23H28F2N2O3. The van der Waals surface area contributed by atoms with Crippen molar-refractivity contribution in [3.63, 3.8) is 0 Å². The third-order valence-electron chi connectivity index (χ3n) is 5.49. The molecule has 0 unspecified atom stereocenters. The highest BCUT2D eigenvalue weighted by Gasteiger charge is 2.30. The molecule has 2 aromatic rings. The summed E-state index contributed by atoms with van der Waals surface area (Å²) in [6, 6.07) is 12.4. The van der Waals surface area contributed by atoms with Crippen molar-refractivity contribution in [1.29, 1.82) is 0 Å². The summed E-state index contributed by atoms with van der Waals surface area (Å²) < 4.78 is 38.2. The van der Waals surface area contributed by atoms with Crippen LogP contribution in [0.5, 0.6) is 0 Å². The number of carbonyl (C=O) groups is 1. The summed E-state index contributed by atoms with van der Waals surface area (Å²) in [6.07, 6.45) is -0.270. The van der Waals surface area contributed by atoms with Gasteiger partial charge in [-0.25, -0.2) is 13.6 Å². The lowest BCUT2D eigenvalue weighted by molar-refractivity contribution is -0.0190. The summed E-state index contributed by atoms with van der Waals surface area (Å²) in [5, 5.41) is 0. The number of hydrogen-bond donors (Lipinski definition) is 0. The van der Waals surface area contributed by atoms with Crippen molar-refractivity contribution in [1.82, 2.24) is 9.80 Å². The van der Waals surface area contributed by atoms with Crippen LogP contribution in [-0.2, 0) is 15.1 Å². The largest absolute Gasteiger partial charge is 0.450 e. The van der Waals surface area contributed by atoms with Gasteiger partial charge in [-0.1, -0.05) is 24.3 Å². The minimum Gasteiger partial charge on any atom is -0.450 e. The number of amides is 1. The summed E-state index contributed by atoms with van der Waals surface area (Å²) in [5.74, 6) is -0.639. The third-order valence-corrected chi connectivity index (χ3v) is 5.49. The summed E-state index contributed by atoms with van der Waals surface area (Å²) in [5.41, 5.74) is 0.749. The fraction of sp³-hybridized carbons (Fsp3) is 0.435. The Morgan fingerprint density at radius 1 is 0.933 bits per heavy atom. The van der Waals surface area contributed by atoms with Crippen molar-refractivity contribution < 1.29 is 23.0 Å². The van der Waals surface area contributed by atoms with E-state index >= 15 is 0 Å². The lowest BCUT2D eigenvalue weighted by Crippen LogP contribution is -2.49. The lowest BCUT2D eigenvalue weighted by Gasteiger charge is -2.36. The summed E-state index contributed by atoms with van der Waals surface area (Å²) in [7, 11) is 0. The van der Waals surface area contributed by atoms with E-state index in [0.717, 1.165) is 24.2 Å². The van der Waals surface area contributed by atoms with Gasteiger partial charge in [-0.05, 0) is 49.2 Å². The lowest BCUT2D eigenvalue weighted by atomic mass is 9.88. The molecule has 0 spiro atoms. The number of benzene rings is 2. The predicted molar refractivity (Wildman–Crippen MR) is 110 cm³/mol. The molecule has 0 atom stereocenters. The minimum atomic E-state index is -0.839. The molecule has 2 aromatic carbocycles. The summed E-state index contributed by atoms with van der Waals surface area (Å²) >= 11 is 0. The standard InChI is InChI=1S/C23H28F2N2O3/c1-3-29-22(28)27-14-12-26(13-15-27)16-17-30-23(2,18-4-8-20(24)9-5-18)19-6-10-21(25)11-7-19/h4-11H,3,12-17H2,1-2H3. The predicted octanol–water partition coefficient (Wildman–Crippen LogP) is 4.02. The summed E-state index contributed by atoms with van der Waals surface area (Å²) in [6.45, 7) is 7.92. The second-order valence-electron chi connectivity index (χ2n) is 7.42. The van der Waals surface area contributed by atoms with E-state index < -0.39 is 5.60 Å². The van der Waals surface area contributed by atoms with E-state index in [2.05, 4.69) is 4.90 Å². The van der Waals surface area contributed by atoms with Gasteiger partial charge in [0.2, 0.25) is 0 Å². The Hall–Kier alpha value is -2.51. The highest BCUT2D eigenvalue weighted by atomic mass is 19.1. The van der Waals surface area contributed by atoms with Gasteiger partial charge in [0.05, 0.1) is 13.2 Å². The van der Waals surface area contributed by atoms with Crippen LogP contribution < -0.4 is 0 Å². The van der Waals surface area contributed by atoms with E-state index in [-0.39, 0.29) is 17.7 Å². The zero-order valence-corrected chi connectivity index (χ0v) is 17.4. The number of halogens is 2. The van der Waals surface area contributed by atoms with Crippen molar-refractivity contribution in [2.24, 2.45) is 0 Å². The van der Waals surface area contributed by atoms with Gasteiger partial charge in [-0.3, -0.25) is 4.90 Å². The first kappa shape index (κ1) is 22.2. The van der Waals surface area contributed by atoms with Crippen LogP contribution in [0.2, 0.25) is 0 Å². The van der Waals surface area contributed by atoms with Gasteiger partial charge in [0.15, 0.2) is 0 Å². The Balaban J connectivity index is 1.63. The molecule has 1 aliphatic heterocycles. The molecule has 1 heterocycles. The molecule has 3 rings (SSSR count). The van der Waals surface area contributed by atoms with Gasteiger partial charge in [0.25, 0.3) is 0 Å². The van der Waals surface area contributed by atoms with Crippen LogP contribution in [0.4, 0.5) is 13.6 Å². The maximum Gasteiger partial charge on any atom is 0.409 e. The van der Waals surface area contributed by atoms with Gasteiger partial charge in [-0.15, -0.1) is 0 Å². The van der Waals surface area contributed by atoms with Crippen LogP contribution in [-0.4, -0.2) is 61.8 Å². The van der Waals surface area contributed by atoms with Crippen LogP contribution in [0.15, 0.2) is 48.5 Å². The number of carbonyl (C=O) groups excluding carboxylic acids is 1.